The summed E-state index contributed by atoms with van der Waals surface area (Å²) in [7, 11) is 0. The molecule has 0 bridgehead atoms. The van der Waals surface area contributed by atoms with E-state index in [1.807, 2.05) is 0 Å². The van der Waals surface area contributed by atoms with E-state index in [1.165, 1.54) is 16.0 Å². The number of amides is 2. The lowest BCUT2D eigenvalue weighted by molar-refractivity contribution is -0.134. The number of nitrogens with zero attached hydrogens (tertiary/aromatic N) is 5. The lowest BCUT2D eigenvalue weighted by Gasteiger charge is -2.35. The van der Waals surface area contributed by atoms with Crippen LogP contribution < -0.4 is 4.90 Å². The maximum absolute atomic E-state index is 13.8. The minimum atomic E-state index is -3.21. The van der Waals surface area contributed by atoms with Crippen LogP contribution in [0, 0.1) is 28.4 Å². The van der Waals surface area contributed by atoms with Crippen molar-refractivity contribution < 1.29 is 27.2 Å². The molecular formula is C22H21F4N5O2. The van der Waals surface area contributed by atoms with Gasteiger partial charge in [-0.1, -0.05) is 0 Å². The summed E-state index contributed by atoms with van der Waals surface area (Å²) < 4.78 is 55.1. The van der Waals surface area contributed by atoms with Crippen LogP contribution in [0.2, 0.25) is 0 Å². The van der Waals surface area contributed by atoms with E-state index >= 15 is 0 Å². The molecule has 7 nitrogen and oxygen atoms in total. The summed E-state index contributed by atoms with van der Waals surface area (Å²) in [6.45, 7) is 4.11. The first-order chi connectivity index (χ1) is 15.5. The molecule has 2 aromatic rings. The normalized spacial score (nSPS) is 22.6. The zero-order chi connectivity index (χ0) is 24.1. The standard InChI is InChI=1S/C22H21F4N5O2/c1-12-8-31-17(16(7-28-31)30-11-22(2,10-27)6-19(30)33)9-29(12)18(32)5-13-3-14(21(25)26)20(24)15(23)4-13/h3-4,7,12,21H,5-6,8-9,11H2,1-2H3/t12-,22?/m0/s1. The number of nitriles is 1. The van der Waals surface area contributed by atoms with E-state index in [1.54, 1.807) is 18.5 Å². The van der Waals surface area contributed by atoms with Gasteiger partial charge >= 0.3 is 0 Å². The predicted octanol–water partition coefficient (Wildman–Crippen LogP) is 3.34. The van der Waals surface area contributed by atoms with Crippen molar-refractivity contribution in [1.29, 1.82) is 5.26 Å². The molecule has 2 aliphatic rings. The molecule has 0 spiro atoms. The van der Waals surface area contributed by atoms with Crippen molar-refractivity contribution in [3.05, 3.63) is 46.8 Å². The van der Waals surface area contributed by atoms with Crippen molar-refractivity contribution >= 4 is 17.5 Å². The van der Waals surface area contributed by atoms with E-state index in [4.69, 9.17) is 0 Å². The molecule has 1 aromatic heterocycles. The molecule has 2 amide bonds. The van der Waals surface area contributed by atoms with E-state index in [0.29, 0.717) is 17.9 Å². The van der Waals surface area contributed by atoms with E-state index < -0.39 is 34.9 Å². The molecule has 174 valence electrons. The summed E-state index contributed by atoms with van der Waals surface area (Å²) in [4.78, 5) is 28.5. The van der Waals surface area contributed by atoms with Crippen LogP contribution >= 0.6 is 0 Å². The van der Waals surface area contributed by atoms with Gasteiger partial charge in [0, 0.05) is 19.0 Å². The number of carbonyl (C=O) groups excluding carboxylic acids is 2. The average molecular weight is 463 g/mol. The number of anilines is 1. The number of alkyl halides is 2. The van der Waals surface area contributed by atoms with Gasteiger partial charge in [-0.25, -0.2) is 17.6 Å². The van der Waals surface area contributed by atoms with Crippen LogP contribution in [0.3, 0.4) is 0 Å². The number of benzene rings is 1. The Morgan fingerprint density at radius 3 is 2.73 bits per heavy atom. The summed E-state index contributed by atoms with van der Waals surface area (Å²) in [5, 5.41) is 13.7. The highest BCUT2D eigenvalue weighted by Gasteiger charge is 2.42. The topological polar surface area (TPSA) is 82.2 Å². The summed E-state index contributed by atoms with van der Waals surface area (Å²) in [6, 6.07) is 3.40. The predicted molar refractivity (Wildman–Crippen MR) is 108 cm³/mol. The fourth-order valence-electron chi connectivity index (χ4n) is 4.37. The molecule has 0 aliphatic carbocycles. The number of rotatable bonds is 4. The molecule has 4 rings (SSSR count). The van der Waals surface area contributed by atoms with E-state index in [9.17, 15) is 32.4 Å². The van der Waals surface area contributed by atoms with Crippen LogP contribution in [0.25, 0.3) is 0 Å². The van der Waals surface area contributed by atoms with Crippen molar-refractivity contribution in [2.24, 2.45) is 5.41 Å². The summed E-state index contributed by atoms with van der Waals surface area (Å²) >= 11 is 0. The first-order valence-electron chi connectivity index (χ1n) is 10.3. The van der Waals surface area contributed by atoms with Gasteiger partial charge in [0.15, 0.2) is 11.6 Å². The first-order valence-corrected chi connectivity index (χ1v) is 10.3. The van der Waals surface area contributed by atoms with Crippen LogP contribution in [0.15, 0.2) is 18.3 Å². The molecule has 1 saturated heterocycles. The van der Waals surface area contributed by atoms with Crippen molar-refractivity contribution in [1.82, 2.24) is 14.7 Å². The second kappa shape index (κ2) is 8.17. The quantitative estimate of drug-likeness (QED) is 0.652. The Bertz CT molecular complexity index is 1170. The number of carbonyl (C=O) groups is 2. The highest BCUT2D eigenvalue weighted by molar-refractivity contribution is 5.97. The third-order valence-electron chi connectivity index (χ3n) is 6.15. The Morgan fingerprint density at radius 1 is 1.36 bits per heavy atom. The average Bonchev–Trinajstić information content (AvgIpc) is 3.29. The van der Waals surface area contributed by atoms with Gasteiger partial charge in [-0.05, 0) is 31.5 Å². The van der Waals surface area contributed by atoms with Crippen molar-refractivity contribution in [3.8, 4) is 6.07 Å². The fraction of sp³-hybridized carbons (Fsp3) is 0.455. The molecule has 1 unspecified atom stereocenters. The van der Waals surface area contributed by atoms with Gasteiger partial charge < -0.3 is 9.80 Å². The minimum Gasteiger partial charge on any atom is -0.332 e. The third-order valence-corrected chi connectivity index (χ3v) is 6.15. The molecule has 11 heteroatoms. The second-order valence-electron chi connectivity index (χ2n) is 8.82. The van der Waals surface area contributed by atoms with Gasteiger partial charge in [0.2, 0.25) is 11.8 Å². The number of hydrogen-bond acceptors (Lipinski definition) is 4. The lowest BCUT2D eigenvalue weighted by Crippen LogP contribution is -2.46. The number of halogens is 4. The molecule has 1 aromatic carbocycles. The Balaban J connectivity index is 1.57. The Labute approximate surface area is 187 Å². The van der Waals surface area contributed by atoms with Crippen LogP contribution in [-0.4, -0.2) is 39.1 Å². The Morgan fingerprint density at radius 2 is 2.09 bits per heavy atom. The number of fused-ring (bicyclic) bond motifs is 1. The van der Waals surface area contributed by atoms with E-state index in [2.05, 4.69) is 11.2 Å². The van der Waals surface area contributed by atoms with Gasteiger partial charge in [0.25, 0.3) is 6.43 Å². The van der Waals surface area contributed by atoms with Crippen LogP contribution in [-0.2, 0) is 29.1 Å². The van der Waals surface area contributed by atoms with Crippen molar-refractivity contribution in [3.63, 3.8) is 0 Å². The van der Waals surface area contributed by atoms with Crippen molar-refractivity contribution in [2.45, 2.75) is 52.2 Å². The van der Waals surface area contributed by atoms with Gasteiger partial charge in [-0.2, -0.15) is 10.4 Å². The molecule has 2 atom stereocenters. The van der Waals surface area contributed by atoms with Crippen LogP contribution in [0.5, 0.6) is 0 Å². The van der Waals surface area contributed by atoms with Gasteiger partial charge in [0.1, 0.15) is 0 Å². The van der Waals surface area contributed by atoms with Gasteiger partial charge in [0.05, 0.1) is 54.1 Å². The maximum Gasteiger partial charge on any atom is 0.266 e. The molecule has 0 N–H and O–H groups in total. The Hall–Kier alpha value is -3.42. The fourth-order valence-corrected chi connectivity index (χ4v) is 4.37. The number of hydrogen-bond donors (Lipinski definition) is 0. The second-order valence-corrected chi connectivity index (χ2v) is 8.82. The number of aromatic nitrogens is 2. The molecule has 1 fully saturated rings. The highest BCUT2D eigenvalue weighted by atomic mass is 19.3. The first kappa shape index (κ1) is 22.8. The van der Waals surface area contributed by atoms with E-state index in [-0.39, 0.29) is 43.4 Å². The minimum absolute atomic E-state index is 0.0554. The molecular weight excluding hydrogens is 442 g/mol. The maximum atomic E-state index is 13.8. The summed E-state index contributed by atoms with van der Waals surface area (Å²) in [5.74, 6) is -3.73. The SMILES string of the molecule is C[C@H]1Cn2ncc(N3CC(C)(C#N)CC3=O)c2CN1C(=O)Cc1cc(F)c(F)c(C(F)F)c1. The molecule has 3 heterocycles. The highest BCUT2D eigenvalue weighted by Crippen LogP contribution is 2.36. The van der Waals surface area contributed by atoms with Crippen LogP contribution in [0.1, 0.15) is 43.5 Å². The van der Waals surface area contributed by atoms with Crippen molar-refractivity contribution in [2.75, 3.05) is 11.4 Å². The summed E-state index contributed by atoms with van der Waals surface area (Å²) in [5.41, 5.74) is -0.844. The van der Waals surface area contributed by atoms with Crippen LogP contribution in [0.4, 0.5) is 23.2 Å². The van der Waals surface area contributed by atoms with Gasteiger partial charge in [-0.15, -0.1) is 0 Å². The smallest absolute Gasteiger partial charge is 0.266 e. The summed E-state index contributed by atoms with van der Waals surface area (Å²) in [6.07, 6.45) is -1.99. The molecule has 0 saturated carbocycles. The molecule has 2 aliphatic heterocycles. The Kier molecular flexibility index (Phi) is 5.64. The third kappa shape index (κ3) is 4.05. The molecule has 0 radical (unpaired) electrons. The van der Waals surface area contributed by atoms with E-state index in [0.717, 1.165) is 12.1 Å². The van der Waals surface area contributed by atoms with Gasteiger partial charge in [-0.3, -0.25) is 14.3 Å². The molecule has 33 heavy (non-hydrogen) atoms. The largest absolute Gasteiger partial charge is 0.332 e. The lowest BCUT2D eigenvalue weighted by atomic mass is 9.92. The zero-order valence-electron chi connectivity index (χ0n) is 18.0. The zero-order valence-corrected chi connectivity index (χ0v) is 18.0. The monoisotopic (exact) mass is 463 g/mol.